The third kappa shape index (κ3) is 5.37. The molecule has 0 unspecified atom stereocenters. The summed E-state index contributed by atoms with van der Waals surface area (Å²) in [4.78, 5) is 29.0. The van der Waals surface area contributed by atoms with Crippen molar-refractivity contribution in [2.24, 2.45) is 5.92 Å². The van der Waals surface area contributed by atoms with E-state index in [1.165, 1.54) is 5.56 Å². The number of amides is 1. The van der Waals surface area contributed by atoms with Crippen molar-refractivity contribution in [3.8, 4) is 17.4 Å². The number of aryl methyl sites for hydroxylation is 1. The fourth-order valence-electron chi connectivity index (χ4n) is 4.93. The molecule has 5 rings (SSSR count). The molecule has 0 saturated carbocycles. The molecule has 188 valence electrons. The molecular weight excluding hydrogens is 454 g/mol. The van der Waals surface area contributed by atoms with E-state index >= 15 is 0 Å². The third-order valence-electron chi connectivity index (χ3n) is 6.98. The van der Waals surface area contributed by atoms with Crippen LogP contribution in [0.4, 0.5) is 11.5 Å². The third-order valence-corrected chi connectivity index (χ3v) is 6.98. The van der Waals surface area contributed by atoms with Gasteiger partial charge in [0.1, 0.15) is 11.5 Å². The minimum Gasteiger partial charge on any atom is -0.497 e. The molecule has 36 heavy (non-hydrogen) atoms. The van der Waals surface area contributed by atoms with E-state index in [0.29, 0.717) is 18.2 Å². The zero-order valence-corrected chi connectivity index (χ0v) is 21.0. The first-order valence-corrected chi connectivity index (χ1v) is 12.6. The molecule has 0 N–H and O–H groups in total. The summed E-state index contributed by atoms with van der Waals surface area (Å²) in [6.45, 7) is 6.61. The predicted octanol–water partition coefficient (Wildman–Crippen LogP) is 4.15. The molecule has 0 radical (unpaired) electrons. The summed E-state index contributed by atoms with van der Waals surface area (Å²) in [5, 5.41) is 0. The largest absolute Gasteiger partial charge is 0.497 e. The van der Waals surface area contributed by atoms with E-state index in [-0.39, 0.29) is 11.8 Å². The highest BCUT2D eigenvalue weighted by molar-refractivity contribution is 5.80. The lowest BCUT2D eigenvalue weighted by molar-refractivity contribution is -0.136. The van der Waals surface area contributed by atoms with Crippen molar-refractivity contribution in [2.45, 2.75) is 19.8 Å². The predicted molar refractivity (Wildman–Crippen MR) is 140 cm³/mol. The van der Waals surface area contributed by atoms with Gasteiger partial charge in [-0.1, -0.05) is 17.7 Å². The van der Waals surface area contributed by atoms with E-state index in [1.807, 2.05) is 48.2 Å². The van der Waals surface area contributed by atoms with Crippen LogP contribution in [-0.2, 0) is 4.79 Å². The van der Waals surface area contributed by atoms with Crippen LogP contribution in [0, 0.1) is 12.8 Å². The van der Waals surface area contributed by atoms with Crippen molar-refractivity contribution >= 4 is 17.4 Å². The van der Waals surface area contributed by atoms with Gasteiger partial charge in [0.05, 0.1) is 13.0 Å². The van der Waals surface area contributed by atoms with Gasteiger partial charge in [0.25, 0.3) is 5.88 Å². The van der Waals surface area contributed by atoms with E-state index in [4.69, 9.17) is 9.47 Å². The Kier molecular flexibility index (Phi) is 7.21. The summed E-state index contributed by atoms with van der Waals surface area (Å²) in [5.74, 6) is 2.92. The molecule has 0 aliphatic carbocycles. The fourth-order valence-corrected chi connectivity index (χ4v) is 4.93. The SMILES string of the molecule is COc1ccc(N2CCN(C(=O)[C@H]3CCCN(c4nccnc4Oc4ccc(C)cc4)C3)CC2)cc1. The Morgan fingerprint density at radius 1 is 0.861 bits per heavy atom. The number of hydrogen-bond acceptors (Lipinski definition) is 7. The Morgan fingerprint density at radius 2 is 1.56 bits per heavy atom. The Morgan fingerprint density at radius 3 is 2.28 bits per heavy atom. The van der Waals surface area contributed by atoms with Gasteiger partial charge < -0.3 is 24.2 Å². The monoisotopic (exact) mass is 487 g/mol. The molecule has 1 amide bonds. The number of benzene rings is 2. The maximum absolute atomic E-state index is 13.5. The Bertz CT molecular complexity index is 1160. The number of piperidine rings is 1. The zero-order chi connectivity index (χ0) is 24.9. The average molecular weight is 488 g/mol. The molecule has 2 aromatic carbocycles. The fraction of sp³-hybridized carbons (Fsp3) is 0.393. The Balaban J connectivity index is 1.21. The number of aromatic nitrogens is 2. The van der Waals surface area contributed by atoms with Crippen molar-refractivity contribution in [1.82, 2.24) is 14.9 Å². The van der Waals surface area contributed by atoms with Crippen LogP contribution in [0.5, 0.6) is 17.4 Å². The number of anilines is 2. The van der Waals surface area contributed by atoms with Crippen LogP contribution in [-0.4, -0.2) is 67.2 Å². The summed E-state index contributed by atoms with van der Waals surface area (Å²) in [5.41, 5.74) is 2.33. The van der Waals surface area contributed by atoms with Crippen LogP contribution in [0.2, 0.25) is 0 Å². The quantitative estimate of drug-likeness (QED) is 0.517. The molecular formula is C28H33N5O3. The number of methoxy groups -OCH3 is 1. The first kappa shape index (κ1) is 23.9. The van der Waals surface area contributed by atoms with Crippen LogP contribution in [0.1, 0.15) is 18.4 Å². The van der Waals surface area contributed by atoms with E-state index in [9.17, 15) is 4.79 Å². The second-order valence-corrected chi connectivity index (χ2v) is 9.40. The molecule has 2 aliphatic rings. The number of rotatable bonds is 6. The summed E-state index contributed by atoms with van der Waals surface area (Å²) < 4.78 is 11.3. The topological polar surface area (TPSA) is 71.0 Å². The molecule has 1 aromatic heterocycles. The number of piperazine rings is 1. The lowest BCUT2D eigenvalue weighted by Gasteiger charge is -2.40. The molecule has 2 fully saturated rings. The van der Waals surface area contributed by atoms with Gasteiger partial charge in [0, 0.05) is 57.3 Å². The van der Waals surface area contributed by atoms with Gasteiger partial charge in [-0.2, -0.15) is 0 Å². The molecule has 2 aliphatic heterocycles. The van der Waals surface area contributed by atoms with E-state index in [2.05, 4.69) is 31.9 Å². The van der Waals surface area contributed by atoms with Crippen LogP contribution < -0.4 is 19.3 Å². The van der Waals surface area contributed by atoms with Gasteiger partial charge in [-0.15, -0.1) is 0 Å². The molecule has 0 bridgehead atoms. The van der Waals surface area contributed by atoms with Crippen LogP contribution in [0.25, 0.3) is 0 Å². The Labute approximate surface area is 212 Å². The highest BCUT2D eigenvalue weighted by Gasteiger charge is 2.32. The molecule has 3 heterocycles. The molecule has 0 spiro atoms. The first-order chi connectivity index (χ1) is 17.6. The van der Waals surface area contributed by atoms with Gasteiger partial charge in [-0.05, 0) is 56.2 Å². The zero-order valence-electron chi connectivity index (χ0n) is 21.0. The number of carbonyl (C=O) groups excluding carboxylic acids is 1. The van der Waals surface area contributed by atoms with Gasteiger partial charge >= 0.3 is 0 Å². The standard InChI is InChI=1S/C28H33N5O3/c1-21-5-9-25(10-6-21)36-27-26(29-13-14-30-27)33-15-3-4-22(20-33)28(34)32-18-16-31(17-19-32)23-7-11-24(35-2)12-8-23/h5-14,22H,3-4,15-20H2,1-2H3/t22-/m0/s1. The molecule has 2 saturated heterocycles. The number of ether oxygens (including phenoxy) is 2. The van der Waals surface area contributed by atoms with Crippen molar-refractivity contribution < 1.29 is 14.3 Å². The number of nitrogens with zero attached hydrogens (tertiary/aromatic N) is 5. The maximum Gasteiger partial charge on any atom is 0.263 e. The van der Waals surface area contributed by atoms with E-state index < -0.39 is 0 Å². The lowest BCUT2D eigenvalue weighted by atomic mass is 9.96. The van der Waals surface area contributed by atoms with Gasteiger partial charge in [-0.25, -0.2) is 9.97 Å². The second kappa shape index (κ2) is 10.8. The van der Waals surface area contributed by atoms with Gasteiger partial charge in [0.15, 0.2) is 5.82 Å². The average Bonchev–Trinajstić information content (AvgIpc) is 2.94. The molecule has 8 heteroatoms. The molecule has 8 nitrogen and oxygen atoms in total. The highest BCUT2D eigenvalue weighted by atomic mass is 16.5. The first-order valence-electron chi connectivity index (χ1n) is 12.6. The van der Waals surface area contributed by atoms with Crippen molar-refractivity contribution in [1.29, 1.82) is 0 Å². The van der Waals surface area contributed by atoms with Crippen molar-refractivity contribution in [3.05, 3.63) is 66.5 Å². The van der Waals surface area contributed by atoms with Crippen molar-refractivity contribution in [3.63, 3.8) is 0 Å². The number of hydrogen-bond donors (Lipinski definition) is 0. The summed E-state index contributed by atoms with van der Waals surface area (Å²) in [6, 6.07) is 16.0. The van der Waals surface area contributed by atoms with Crippen LogP contribution >= 0.6 is 0 Å². The summed E-state index contributed by atoms with van der Waals surface area (Å²) in [6.07, 6.45) is 5.15. The minimum atomic E-state index is -0.0551. The van der Waals surface area contributed by atoms with Gasteiger partial charge in [0.2, 0.25) is 5.91 Å². The van der Waals surface area contributed by atoms with Gasteiger partial charge in [-0.3, -0.25) is 4.79 Å². The Hall–Kier alpha value is -3.81. The van der Waals surface area contributed by atoms with Crippen LogP contribution in [0.15, 0.2) is 60.9 Å². The molecule has 3 aromatic rings. The minimum absolute atomic E-state index is 0.0551. The smallest absolute Gasteiger partial charge is 0.263 e. The van der Waals surface area contributed by atoms with E-state index in [0.717, 1.165) is 62.8 Å². The van der Waals surface area contributed by atoms with Crippen molar-refractivity contribution in [2.75, 3.05) is 56.2 Å². The normalized spacial score (nSPS) is 18.2. The lowest BCUT2D eigenvalue weighted by Crippen LogP contribution is -2.52. The van der Waals surface area contributed by atoms with E-state index in [1.54, 1.807) is 19.5 Å². The second-order valence-electron chi connectivity index (χ2n) is 9.40. The number of carbonyl (C=O) groups is 1. The van der Waals surface area contributed by atoms with Crippen LogP contribution in [0.3, 0.4) is 0 Å². The maximum atomic E-state index is 13.5. The highest BCUT2D eigenvalue weighted by Crippen LogP contribution is 2.32. The summed E-state index contributed by atoms with van der Waals surface area (Å²) >= 11 is 0. The summed E-state index contributed by atoms with van der Waals surface area (Å²) in [7, 11) is 1.67. The molecule has 1 atom stereocenters.